The fraction of sp³-hybridized carbons (Fsp3) is 0.333. The summed E-state index contributed by atoms with van der Waals surface area (Å²) in [5.41, 5.74) is 2.46. The van der Waals surface area contributed by atoms with Crippen LogP contribution in [0, 0.1) is 13.8 Å². The molecule has 27 heavy (non-hydrogen) atoms. The van der Waals surface area contributed by atoms with Crippen molar-refractivity contribution >= 4 is 21.5 Å². The van der Waals surface area contributed by atoms with Gasteiger partial charge in [-0.3, -0.25) is 4.79 Å². The van der Waals surface area contributed by atoms with Gasteiger partial charge < -0.3 is 4.90 Å². The average molecular weight is 387 g/mol. The van der Waals surface area contributed by atoms with E-state index in [9.17, 15) is 13.2 Å². The average Bonchev–Trinajstić information content (AvgIpc) is 3.03. The van der Waals surface area contributed by atoms with Crippen LogP contribution < -0.4 is 0 Å². The number of carbonyl (C=O) groups is 1. The maximum atomic E-state index is 12.8. The predicted molar refractivity (Wildman–Crippen MR) is 100 cm³/mol. The Morgan fingerprint density at radius 1 is 1.15 bits per heavy atom. The van der Waals surface area contributed by atoms with Gasteiger partial charge in [0.15, 0.2) is 9.84 Å². The second-order valence-corrected chi connectivity index (χ2v) is 8.64. The molecule has 0 saturated carbocycles. The summed E-state index contributed by atoms with van der Waals surface area (Å²) < 4.78 is 24.7. The first-order chi connectivity index (χ1) is 12.6. The summed E-state index contributed by atoms with van der Waals surface area (Å²) in [4.78, 5) is 23.1. The van der Waals surface area contributed by atoms with Crippen LogP contribution in [0.3, 0.4) is 0 Å². The number of hydrogen-bond donors (Lipinski definition) is 0. The van der Waals surface area contributed by atoms with Crippen LogP contribution in [0.1, 0.15) is 40.5 Å². The number of nitrogens with zero attached hydrogens (tertiary/aromatic N) is 5. The summed E-state index contributed by atoms with van der Waals surface area (Å²) in [6.07, 6.45) is 1.16. The Bertz CT molecular complexity index is 1120. The standard InChI is InChI=1S/C18H21N5O3S/c1-11-10-12(2)23-18(19-11)20-16(21-23)17(24)22(4)13(3)14-6-8-15(9-7-14)27(5,25)26/h6-10,13H,1-5H3. The van der Waals surface area contributed by atoms with Crippen molar-refractivity contribution in [3.8, 4) is 0 Å². The lowest BCUT2D eigenvalue weighted by Crippen LogP contribution is -2.30. The maximum absolute atomic E-state index is 12.8. The van der Waals surface area contributed by atoms with E-state index in [1.165, 1.54) is 4.90 Å². The third kappa shape index (κ3) is 3.68. The second kappa shape index (κ2) is 6.73. The Labute approximate surface area is 157 Å². The number of aromatic nitrogens is 4. The number of benzene rings is 1. The quantitative estimate of drug-likeness (QED) is 0.679. The molecule has 0 aliphatic carbocycles. The Morgan fingerprint density at radius 2 is 1.78 bits per heavy atom. The minimum atomic E-state index is -3.26. The highest BCUT2D eigenvalue weighted by atomic mass is 32.2. The number of rotatable bonds is 4. The molecule has 9 heteroatoms. The topological polar surface area (TPSA) is 97.5 Å². The van der Waals surface area contributed by atoms with Gasteiger partial charge >= 0.3 is 0 Å². The Morgan fingerprint density at radius 3 is 2.37 bits per heavy atom. The molecule has 0 radical (unpaired) electrons. The van der Waals surface area contributed by atoms with Gasteiger partial charge in [0.25, 0.3) is 11.7 Å². The van der Waals surface area contributed by atoms with Gasteiger partial charge in [-0.1, -0.05) is 12.1 Å². The van der Waals surface area contributed by atoms with E-state index in [2.05, 4.69) is 15.1 Å². The van der Waals surface area contributed by atoms with Crippen LogP contribution in [0.5, 0.6) is 0 Å². The number of amides is 1. The van der Waals surface area contributed by atoms with E-state index < -0.39 is 9.84 Å². The zero-order valence-electron chi connectivity index (χ0n) is 15.8. The van der Waals surface area contributed by atoms with Crippen molar-refractivity contribution in [1.82, 2.24) is 24.5 Å². The summed E-state index contributed by atoms with van der Waals surface area (Å²) in [6, 6.07) is 8.07. The van der Waals surface area contributed by atoms with Crippen LogP contribution in [-0.4, -0.2) is 52.1 Å². The SMILES string of the molecule is Cc1cc(C)n2nc(C(=O)N(C)C(C)c3ccc(S(C)(=O)=O)cc3)nc2n1. The van der Waals surface area contributed by atoms with Gasteiger partial charge in [0.2, 0.25) is 5.82 Å². The zero-order valence-corrected chi connectivity index (χ0v) is 16.6. The highest BCUT2D eigenvalue weighted by Crippen LogP contribution is 2.22. The van der Waals surface area contributed by atoms with Crippen molar-refractivity contribution in [2.45, 2.75) is 31.7 Å². The number of fused-ring (bicyclic) bond motifs is 1. The smallest absolute Gasteiger partial charge is 0.293 e. The Hall–Kier alpha value is -2.81. The van der Waals surface area contributed by atoms with Crippen LogP contribution in [0.2, 0.25) is 0 Å². The van der Waals surface area contributed by atoms with Crippen LogP contribution in [-0.2, 0) is 9.84 Å². The van der Waals surface area contributed by atoms with Crippen molar-refractivity contribution in [2.75, 3.05) is 13.3 Å². The van der Waals surface area contributed by atoms with Crippen LogP contribution in [0.4, 0.5) is 0 Å². The van der Waals surface area contributed by atoms with Gasteiger partial charge in [0.05, 0.1) is 10.9 Å². The van der Waals surface area contributed by atoms with Crippen molar-refractivity contribution in [3.63, 3.8) is 0 Å². The first-order valence-corrected chi connectivity index (χ1v) is 10.3. The normalized spacial score (nSPS) is 12.9. The molecule has 0 spiro atoms. The molecule has 8 nitrogen and oxygen atoms in total. The first kappa shape index (κ1) is 19.0. The molecule has 0 aliphatic rings. The maximum Gasteiger partial charge on any atom is 0.293 e. The molecular formula is C18H21N5O3S. The van der Waals surface area contributed by atoms with Gasteiger partial charge in [0.1, 0.15) is 0 Å². The van der Waals surface area contributed by atoms with E-state index >= 15 is 0 Å². The predicted octanol–water partition coefficient (Wildman–Crippen LogP) is 1.98. The Kier molecular flexibility index (Phi) is 4.73. The largest absolute Gasteiger partial charge is 0.332 e. The Balaban J connectivity index is 1.87. The van der Waals surface area contributed by atoms with Gasteiger partial charge in [-0.25, -0.2) is 17.9 Å². The summed E-state index contributed by atoms with van der Waals surface area (Å²) in [7, 11) is -1.60. The lowest BCUT2D eigenvalue weighted by atomic mass is 10.1. The molecule has 1 amide bonds. The number of aryl methyl sites for hydroxylation is 2. The molecule has 0 saturated heterocycles. The molecule has 0 aliphatic heterocycles. The highest BCUT2D eigenvalue weighted by Gasteiger charge is 2.23. The third-order valence-electron chi connectivity index (χ3n) is 4.50. The number of carbonyl (C=O) groups excluding carboxylic acids is 1. The molecule has 3 rings (SSSR count). The number of sulfone groups is 1. The summed E-state index contributed by atoms with van der Waals surface area (Å²) in [5.74, 6) is 0.116. The van der Waals surface area contributed by atoms with Crippen molar-refractivity contribution in [2.24, 2.45) is 0 Å². The van der Waals surface area contributed by atoms with Gasteiger partial charge in [0, 0.05) is 24.7 Å². The molecule has 142 valence electrons. The van der Waals surface area contributed by atoms with E-state index in [0.717, 1.165) is 23.2 Å². The van der Waals surface area contributed by atoms with Gasteiger partial charge in [-0.15, -0.1) is 5.10 Å². The molecule has 0 fully saturated rings. The molecule has 1 aromatic carbocycles. The zero-order chi connectivity index (χ0) is 19.9. The van der Waals surface area contributed by atoms with E-state index in [-0.39, 0.29) is 22.7 Å². The van der Waals surface area contributed by atoms with Crippen molar-refractivity contribution in [3.05, 3.63) is 53.1 Å². The van der Waals surface area contributed by atoms with Gasteiger partial charge in [-0.2, -0.15) is 4.98 Å². The van der Waals surface area contributed by atoms with E-state index in [1.54, 1.807) is 35.8 Å². The molecule has 2 aromatic heterocycles. The molecule has 2 heterocycles. The molecular weight excluding hydrogens is 366 g/mol. The highest BCUT2D eigenvalue weighted by molar-refractivity contribution is 7.90. The van der Waals surface area contributed by atoms with E-state index in [4.69, 9.17) is 0 Å². The molecule has 1 atom stereocenters. The van der Waals surface area contributed by atoms with Crippen LogP contribution >= 0.6 is 0 Å². The van der Waals surface area contributed by atoms with Crippen molar-refractivity contribution in [1.29, 1.82) is 0 Å². The fourth-order valence-corrected chi connectivity index (χ4v) is 3.44. The monoisotopic (exact) mass is 387 g/mol. The molecule has 3 aromatic rings. The fourth-order valence-electron chi connectivity index (χ4n) is 2.81. The first-order valence-electron chi connectivity index (χ1n) is 8.36. The minimum Gasteiger partial charge on any atom is -0.332 e. The summed E-state index contributed by atoms with van der Waals surface area (Å²) >= 11 is 0. The molecule has 0 bridgehead atoms. The van der Waals surface area contributed by atoms with Gasteiger partial charge in [-0.05, 0) is 44.5 Å². The molecule has 0 N–H and O–H groups in total. The van der Waals surface area contributed by atoms with Crippen LogP contribution in [0.15, 0.2) is 35.2 Å². The lowest BCUT2D eigenvalue weighted by molar-refractivity contribution is 0.0730. The van der Waals surface area contributed by atoms with E-state index in [0.29, 0.717) is 5.78 Å². The lowest BCUT2D eigenvalue weighted by Gasteiger charge is -2.24. The number of hydrogen-bond acceptors (Lipinski definition) is 6. The summed E-state index contributed by atoms with van der Waals surface area (Å²) in [5, 5.41) is 4.27. The van der Waals surface area contributed by atoms with Crippen LogP contribution in [0.25, 0.3) is 5.78 Å². The third-order valence-corrected chi connectivity index (χ3v) is 5.63. The minimum absolute atomic E-state index is 0.0679. The summed E-state index contributed by atoms with van der Waals surface area (Å²) in [6.45, 7) is 5.59. The second-order valence-electron chi connectivity index (χ2n) is 6.62. The van der Waals surface area contributed by atoms with E-state index in [1.807, 2.05) is 26.8 Å². The van der Waals surface area contributed by atoms with Crippen molar-refractivity contribution < 1.29 is 13.2 Å². The molecule has 1 unspecified atom stereocenters.